The highest BCUT2D eigenvalue weighted by atomic mass is 16.2. The fraction of sp³-hybridized carbons (Fsp3) is 0.522. The zero-order valence-corrected chi connectivity index (χ0v) is 16.9. The number of hydrogen-bond acceptors (Lipinski definition) is 3. The summed E-state index contributed by atoms with van der Waals surface area (Å²) in [6.07, 6.45) is 7.79. The summed E-state index contributed by atoms with van der Waals surface area (Å²) in [6.45, 7) is 1.51. The number of hydrogen-bond donors (Lipinski definition) is 2. The number of aromatic nitrogens is 2. The van der Waals surface area contributed by atoms with Crippen LogP contribution in [0.1, 0.15) is 72.6 Å². The molecule has 2 aliphatic rings. The quantitative estimate of drug-likeness (QED) is 0.788. The van der Waals surface area contributed by atoms with Crippen molar-refractivity contribution in [3.63, 3.8) is 0 Å². The molecule has 6 heteroatoms. The molecule has 154 valence electrons. The van der Waals surface area contributed by atoms with Crippen LogP contribution in [0.25, 0.3) is 0 Å². The summed E-state index contributed by atoms with van der Waals surface area (Å²) in [4.78, 5) is 27.1. The predicted octanol–water partition coefficient (Wildman–Crippen LogP) is 3.42. The zero-order chi connectivity index (χ0) is 20.1. The molecule has 2 heterocycles. The normalized spacial score (nSPS) is 20.0. The van der Waals surface area contributed by atoms with Gasteiger partial charge in [-0.15, -0.1) is 0 Å². The lowest BCUT2D eigenvalue weighted by molar-refractivity contribution is -0.132. The molecule has 1 aromatic carbocycles. The molecule has 2 amide bonds. The van der Waals surface area contributed by atoms with Gasteiger partial charge in [0.1, 0.15) is 5.69 Å². The Balaban J connectivity index is 1.31. The summed E-state index contributed by atoms with van der Waals surface area (Å²) >= 11 is 0. The molecular formula is C23H30N4O2. The van der Waals surface area contributed by atoms with Gasteiger partial charge in [-0.05, 0) is 43.7 Å². The topological polar surface area (TPSA) is 78.1 Å². The van der Waals surface area contributed by atoms with E-state index in [1.807, 2.05) is 29.2 Å². The van der Waals surface area contributed by atoms with Gasteiger partial charge in [0.2, 0.25) is 5.91 Å². The van der Waals surface area contributed by atoms with E-state index in [1.54, 1.807) is 0 Å². The molecule has 0 spiro atoms. The molecule has 1 aliphatic carbocycles. The summed E-state index contributed by atoms with van der Waals surface area (Å²) in [5.74, 6) is 0.327. The smallest absolute Gasteiger partial charge is 0.271 e. The monoisotopic (exact) mass is 394 g/mol. The second-order valence-electron chi connectivity index (χ2n) is 8.33. The van der Waals surface area contributed by atoms with Crippen LogP contribution in [0.2, 0.25) is 0 Å². The molecule has 0 unspecified atom stereocenters. The Bertz CT molecular complexity index is 826. The summed E-state index contributed by atoms with van der Waals surface area (Å²) in [7, 11) is 0. The lowest BCUT2D eigenvalue weighted by Gasteiger charge is -2.32. The third-order valence-electron chi connectivity index (χ3n) is 6.20. The summed E-state index contributed by atoms with van der Waals surface area (Å²) in [5.41, 5.74) is 2.61. The first kappa shape index (κ1) is 19.7. The van der Waals surface area contributed by atoms with E-state index < -0.39 is 0 Å². The van der Waals surface area contributed by atoms with Gasteiger partial charge in [0.05, 0.1) is 0 Å². The number of benzene rings is 1. The van der Waals surface area contributed by atoms with Crippen LogP contribution in [0.15, 0.2) is 36.4 Å². The van der Waals surface area contributed by atoms with Gasteiger partial charge in [-0.1, -0.05) is 43.2 Å². The first-order valence-corrected chi connectivity index (χ1v) is 10.9. The van der Waals surface area contributed by atoms with Crippen LogP contribution in [-0.4, -0.2) is 46.0 Å². The number of nitrogens with one attached hydrogen (secondary N) is 2. The number of nitrogens with zero attached hydrogens (tertiary/aromatic N) is 2. The Kier molecular flexibility index (Phi) is 6.27. The average Bonchev–Trinajstić information content (AvgIpc) is 3.45. The average molecular weight is 395 g/mol. The van der Waals surface area contributed by atoms with Crippen molar-refractivity contribution in [1.29, 1.82) is 0 Å². The second kappa shape index (κ2) is 9.25. The molecular weight excluding hydrogens is 364 g/mol. The van der Waals surface area contributed by atoms with Gasteiger partial charge in [-0.3, -0.25) is 14.7 Å². The van der Waals surface area contributed by atoms with Crippen LogP contribution >= 0.6 is 0 Å². The van der Waals surface area contributed by atoms with Crippen molar-refractivity contribution < 1.29 is 9.59 Å². The van der Waals surface area contributed by atoms with Crippen molar-refractivity contribution in [2.45, 2.75) is 63.3 Å². The number of aryl methyl sites for hydroxylation is 1. The van der Waals surface area contributed by atoms with Crippen molar-refractivity contribution in [1.82, 2.24) is 20.4 Å². The number of carbonyl (C=O) groups excluding carboxylic acids is 2. The fourth-order valence-corrected chi connectivity index (χ4v) is 4.50. The lowest BCUT2D eigenvalue weighted by Crippen LogP contribution is -2.39. The fourth-order valence-electron chi connectivity index (χ4n) is 4.50. The van der Waals surface area contributed by atoms with Crippen molar-refractivity contribution in [3.8, 4) is 0 Å². The Morgan fingerprint density at radius 2 is 1.90 bits per heavy atom. The maximum atomic E-state index is 12.7. The summed E-state index contributed by atoms with van der Waals surface area (Å²) in [5, 5.41) is 10.4. The number of amides is 2. The Hall–Kier alpha value is -2.63. The second-order valence-corrected chi connectivity index (χ2v) is 8.33. The van der Waals surface area contributed by atoms with Crippen LogP contribution in [0.5, 0.6) is 0 Å². The van der Waals surface area contributed by atoms with Crippen molar-refractivity contribution in [2.24, 2.45) is 0 Å². The summed E-state index contributed by atoms with van der Waals surface area (Å²) < 4.78 is 0. The molecule has 1 saturated carbocycles. The number of likely N-dealkylation sites (tertiary alicyclic amines) is 1. The van der Waals surface area contributed by atoms with E-state index >= 15 is 0 Å². The van der Waals surface area contributed by atoms with Crippen molar-refractivity contribution in [2.75, 3.05) is 13.1 Å². The third kappa shape index (κ3) is 5.05. The molecule has 0 bridgehead atoms. The molecule has 6 nitrogen and oxygen atoms in total. The SMILES string of the molecule is O=C(NC1CCCC1)c1cc([C@H]2CCCN(C(=O)CCc3ccccc3)C2)[nH]n1. The molecule has 1 saturated heterocycles. The first-order chi connectivity index (χ1) is 14.2. The first-order valence-electron chi connectivity index (χ1n) is 10.9. The van der Waals surface area contributed by atoms with Gasteiger partial charge in [0.15, 0.2) is 0 Å². The minimum atomic E-state index is -0.0917. The molecule has 1 aliphatic heterocycles. The van der Waals surface area contributed by atoms with E-state index in [0.29, 0.717) is 18.7 Å². The molecule has 1 aromatic heterocycles. The number of rotatable bonds is 6. The molecule has 29 heavy (non-hydrogen) atoms. The van der Waals surface area contributed by atoms with Crippen LogP contribution in [0.4, 0.5) is 0 Å². The van der Waals surface area contributed by atoms with E-state index in [4.69, 9.17) is 0 Å². The Labute approximate surface area is 172 Å². The van der Waals surface area contributed by atoms with E-state index in [1.165, 1.54) is 18.4 Å². The minimum Gasteiger partial charge on any atom is -0.348 e. The minimum absolute atomic E-state index is 0.0917. The maximum Gasteiger partial charge on any atom is 0.271 e. The van der Waals surface area contributed by atoms with Gasteiger partial charge in [0, 0.05) is 37.2 Å². The number of H-pyrrole nitrogens is 1. The van der Waals surface area contributed by atoms with Gasteiger partial charge >= 0.3 is 0 Å². The van der Waals surface area contributed by atoms with Crippen LogP contribution in [0, 0.1) is 0 Å². The Morgan fingerprint density at radius 1 is 1.10 bits per heavy atom. The van der Waals surface area contributed by atoms with E-state index in [-0.39, 0.29) is 23.8 Å². The molecule has 2 N–H and O–H groups in total. The van der Waals surface area contributed by atoms with E-state index in [0.717, 1.165) is 44.3 Å². The van der Waals surface area contributed by atoms with Crippen molar-refractivity contribution in [3.05, 3.63) is 53.3 Å². The predicted molar refractivity (Wildman–Crippen MR) is 112 cm³/mol. The van der Waals surface area contributed by atoms with Gasteiger partial charge in [-0.2, -0.15) is 5.10 Å². The van der Waals surface area contributed by atoms with Gasteiger partial charge < -0.3 is 10.2 Å². The number of aromatic amines is 1. The highest BCUT2D eigenvalue weighted by molar-refractivity contribution is 5.92. The van der Waals surface area contributed by atoms with Gasteiger partial charge in [-0.25, -0.2) is 0 Å². The summed E-state index contributed by atoms with van der Waals surface area (Å²) in [6, 6.07) is 12.3. The molecule has 1 atom stereocenters. The number of piperidine rings is 1. The third-order valence-corrected chi connectivity index (χ3v) is 6.20. The van der Waals surface area contributed by atoms with Gasteiger partial charge in [0.25, 0.3) is 5.91 Å². The highest BCUT2D eigenvalue weighted by Crippen LogP contribution is 2.27. The zero-order valence-electron chi connectivity index (χ0n) is 16.9. The lowest BCUT2D eigenvalue weighted by atomic mass is 9.94. The van der Waals surface area contributed by atoms with E-state index in [2.05, 4.69) is 27.6 Å². The molecule has 2 fully saturated rings. The molecule has 0 radical (unpaired) electrons. The Morgan fingerprint density at radius 3 is 2.69 bits per heavy atom. The van der Waals surface area contributed by atoms with E-state index in [9.17, 15) is 9.59 Å². The standard InChI is InChI=1S/C23H30N4O2/c28-22(13-12-17-7-2-1-3-8-17)27-14-6-9-18(16-27)20-15-21(26-25-20)23(29)24-19-10-4-5-11-19/h1-3,7-8,15,18-19H,4-6,9-14,16H2,(H,24,29)(H,25,26)/t18-/m0/s1. The van der Waals surface area contributed by atoms with Crippen molar-refractivity contribution >= 4 is 11.8 Å². The van der Waals surface area contributed by atoms with Crippen LogP contribution in [-0.2, 0) is 11.2 Å². The van der Waals surface area contributed by atoms with Crippen LogP contribution < -0.4 is 5.32 Å². The number of carbonyl (C=O) groups is 2. The van der Waals surface area contributed by atoms with Crippen LogP contribution in [0.3, 0.4) is 0 Å². The largest absolute Gasteiger partial charge is 0.348 e. The highest BCUT2D eigenvalue weighted by Gasteiger charge is 2.27. The molecule has 4 rings (SSSR count). The molecule has 2 aromatic rings. The maximum absolute atomic E-state index is 12.7.